The molecule has 2 unspecified atom stereocenters. The number of hydrogen-bond donors (Lipinski definition) is 1. The minimum absolute atomic E-state index is 0.172. The third kappa shape index (κ3) is 76.8. The molecule has 0 saturated carbocycles. The predicted octanol–water partition coefficient (Wildman–Crippen LogP) is 24.5. The number of carbonyl (C=O) groups excluding carboxylic acids is 2. The van der Waals surface area contributed by atoms with Crippen LogP contribution in [-0.2, 0) is 33.3 Å². The summed E-state index contributed by atoms with van der Waals surface area (Å²) < 4.78 is 23.0. The highest BCUT2D eigenvalue weighted by Crippen LogP contribution is 2.15. The Hall–Kier alpha value is -6.39. The van der Waals surface area contributed by atoms with Crippen LogP contribution in [0.25, 0.3) is 0 Å². The number of nitrogens with zero attached hydrogens (tertiary/aromatic N) is 1. The zero-order valence-corrected chi connectivity index (χ0v) is 61.9. The Morgan fingerprint density at radius 3 is 0.825 bits per heavy atom. The number of ether oxygens (including phenoxy) is 4. The Morgan fingerprint density at radius 1 is 0.309 bits per heavy atom. The van der Waals surface area contributed by atoms with Gasteiger partial charge in [-0.05, 0) is 154 Å². The molecule has 0 aromatic rings. The summed E-state index contributed by atoms with van der Waals surface area (Å²) in [6.07, 6.45) is 116. The zero-order valence-electron chi connectivity index (χ0n) is 61.9. The molecule has 0 amide bonds. The highest BCUT2D eigenvalue weighted by Gasteiger charge is 2.25. The summed E-state index contributed by atoms with van der Waals surface area (Å²) in [5.41, 5.74) is 0. The molecule has 1 N–H and O–H groups in total. The quantitative estimate of drug-likeness (QED) is 0.0211. The van der Waals surface area contributed by atoms with Crippen molar-refractivity contribution >= 4 is 17.9 Å². The molecule has 0 radical (unpaired) electrons. The van der Waals surface area contributed by atoms with Crippen molar-refractivity contribution in [2.24, 2.45) is 0 Å². The highest BCUT2D eigenvalue weighted by atomic mass is 16.7. The van der Waals surface area contributed by atoms with Gasteiger partial charge in [-0.15, -0.1) is 0 Å². The maximum Gasteiger partial charge on any atom is 0.361 e. The van der Waals surface area contributed by atoms with Gasteiger partial charge in [-0.1, -0.05) is 310 Å². The van der Waals surface area contributed by atoms with E-state index in [1.807, 2.05) is 21.1 Å². The average Bonchev–Trinajstić information content (AvgIpc) is 3.27. The smallest absolute Gasteiger partial charge is 0.361 e. The largest absolute Gasteiger partial charge is 0.477 e. The van der Waals surface area contributed by atoms with E-state index < -0.39 is 24.3 Å². The standard InChI is InChI=1S/C88H137NO8/c1-6-8-10-12-14-16-18-20-22-24-26-28-30-32-34-36-38-39-40-41-42-43-44-45-46-47-49-51-53-55-57-59-61-63-65-67-69-71-73-75-77-79-86(91)97-84(83-96-88(87(92)93)94-81-80-89(3,4)5)82-95-85(90)78-76-74-72-70-68-66-64-62-60-58-56-54-52-50-48-37-35-33-31-29-27-25-23-21-19-17-15-13-11-9-7-2/h8-11,14-17,20-23,26-29,32-35,38-39,41-42,44-45,47-50,53-56,59,61,84,88H,6-7,12-13,18-19,24-25,30-31,36-37,40,43,46,51-52,57-58,60,62-83H2,1-5H3/p+1/b10-8-,11-9-,16-14-,17-15-,22-20-,23-21-,28-26-,29-27-,34-32-,35-33-,39-38-,42-41-,45-44-,49-47-,50-48-,55-53-,56-54-,61-59-. The number of hydrogen-bond acceptors (Lipinski definition) is 7. The number of rotatable bonds is 67. The molecular formula is C88H138NO8+. The van der Waals surface area contributed by atoms with E-state index in [4.69, 9.17) is 18.9 Å². The maximum absolute atomic E-state index is 13.0. The third-order valence-corrected chi connectivity index (χ3v) is 15.2. The lowest BCUT2D eigenvalue weighted by Crippen LogP contribution is -2.40. The van der Waals surface area contributed by atoms with Gasteiger partial charge in [0, 0.05) is 12.8 Å². The minimum atomic E-state index is -1.53. The fraction of sp³-hybridized carbons (Fsp3) is 0.557. The number of carbonyl (C=O) groups is 3. The van der Waals surface area contributed by atoms with Crippen LogP contribution in [0.1, 0.15) is 258 Å². The van der Waals surface area contributed by atoms with Crippen LogP contribution in [0.3, 0.4) is 0 Å². The van der Waals surface area contributed by atoms with Crippen molar-refractivity contribution in [3.8, 4) is 0 Å². The van der Waals surface area contributed by atoms with Gasteiger partial charge >= 0.3 is 17.9 Å². The van der Waals surface area contributed by atoms with Crippen molar-refractivity contribution in [1.82, 2.24) is 0 Å². The van der Waals surface area contributed by atoms with Gasteiger partial charge in [0.1, 0.15) is 13.2 Å². The number of allylic oxidation sites excluding steroid dienone is 36. The fourth-order valence-electron chi connectivity index (χ4n) is 9.53. The molecule has 9 heteroatoms. The predicted molar refractivity (Wildman–Crippen MR) is 418 cm³/mol. The first-order chi connectivity index (χ1) is 47.6. The van der Waals surface area contributed by atoms with Crippen molar-refractivity contribution in [2.45, 2.75) is 270 Å². The van der Waals surface area contributed by atoms with E-state index in [2.05, 4.69) is 233 Å². The number of aliphatic carboxylic acids is 1. The molecule has 0 rings (SSSR count). The first-order valence-corrected chi connectivity index (χ1v) is 37.9. The van der Waals surface area contributed by atoms with Gasteiger partial charge in [0.25, 0.3) is 6.29 Å². The SMILES string of the molecule is CC/C=C\C/C=C\C/C=C\C/C=C\C/C=C\C/C=C\C/C=C\C/C=C\C/C=C\C/C=C\C/C=C\CCCCCCCCCC(=O)OC(COC(=O)CCCCCCCCCCC/C=C\C/C=C\C/C=C\C/C=C\C/C=C\C/C=C\C/C=C\CC)COC(OCC[N+](C)(C)C)C(=O)O. The number of quaternary nitrogens is 1. The van der Waals surface area contributed by atoms with Crippen LogP contribution in [0.2, 0.25) is 0 Å². The molecular weight excluding hydrogens is 1200 g/mol. The van der Waals surface area contributed by atoms with Crippen LogP contribution in [-0.4, -0.2) is 87.4 Å². The van der Waals surface area contributed by atoms with E-state index in [0.717, 1.165) is 173 Å². The molecule has 0 aliphatic carbocycles. The summed E-state index contributed by atoms with van der Waals surface area (Å²) >= 11 is 0. The van der Waals surface area contributed by atoms with Crippen LogP contribution in [0.15, 0.2) is 219 Å². The summed E-state index contributed by atoms with van der Waals surface area (Å²) in [5, 5.41) is 9.76. The molecule has 0 aromatic heterocycles. The number of carboxylic acids is 1. The van der Waals surface area contributed by atoms with Crippen LogP contribution >= 0.6 is 0 Å². The molecule has 97 heavy (non-hydrogen) atoms. The van der Waals surface area contributed by atoms with Gasteiger partial charge < -0.3 is 28.5 Å². The van der Waals surface area contributed by atoms with Crippen LogP contribution < -0.4 is 0 Å². The Labute approximate surface area is 594 Å². The molecule has 542 valence electrons. The fourth-order valence-corrected chi connectivity index (χ4v) is 9.53. The Kier molecular flexibility index (Phi) is 70.4. The number of carboxylic acid groups (broad SMARTS) is 1. The second-order valence-corrected chi connectivity index (χ2v) is 25.5. The molecule has 0 aliphatic rings. The zero-order chi connectivity index (χ0) is 70.4. The number of unbranched alkanes of at least 4 members (excludes halogenated alkanes) is 16. The molecule has 0 fully saturated rings. The van der Waals surface area contributed by atoms with E-state index in [9.17, 15) is 19.5 Å². The van der Waals surface area contributed by atoms with Gasteiger partial charge in [0.15, 0.2) is 6.10 Å². The normalized spacial score (nSPS) is 13.9. The van der Waals surface area contributed by atoms with Gasteiger partial charge in [0.05, 0.1) is 34.4 Å². The first-order valence-electron chi connectivity index (χ1n) is 37.9. The average molecular weight is 1340 g/mol. The van der Waals surface area contributed by atoms with Crippen molar-refractivity contribution in [2.75, 3.05) is 47.5 Å². The molecule has 0 aromatic carbocycles. The van der Waals surface area contributed by atoms with E-state index in [1.165, 1.54) is 51.4 Å². The van der Waals surface area contributed by atoms with Crippen molar-refractivity contribution < 1.29 is 42.9 Å². The van der Waals surface area contributed by atoms with Crippen LogP contribution in [0.5, 0.6) is 0 Å². The summed E-state index contributed by atoms with van der Waals surface area (Å²) in [6, 6.07) is 0. The van der Waals surface area contributed by atoms with Gasteiger partial charge in [0.2, 0.25) is 0 Å². The second-order valence-electron chi connectivity index (χ2n) is 25.5. The second kappa shape index (κ2) is 75.4. The molecule has 0 heterocycles. The Morgan fingerprint density at radius 2 is 0.557 bits per heavy atom. The van der Waals surface area contributed by atoms with E-state index in [-0.39, 0.29) is 38.6 Å². The molecule has 0 bridgehead atoms. The molecule has 0 saturated heterocycles. The van der Waals surface area contributed by atoms with Gasteiger partial charge in [-0.25, -0.2) is 4.79 Å². The van der Waals surface area contributed by atoms with Crippen molar-refractivity contribution in [1.29, 1.82) is 0 Å². The van der Waals surface area contributed by atoms with E-state index in [1.54, 1.807) is 0 Å². The molecule has 2 atom stereocenters. The minimum Gasteiger partial charge on any atom is -0.477 e. The van der Waals surface area contributed by atoms with Crippen LogP contribution in [0.4, 0.5) is 0 Å². The highest BCUT2D eigenvalue weighted by molar-refractivity contribution is 5.71. The van der Waals surface area contributed by atoms with E-state index in [0.29, 0.717) is 17.4 Å². The molecule has 0 aliphatic heterocycles. The van der Waals surface area contributed by atoms with Gasteiger partial charge in [-0.3, -0.25) is 9.59 Å². The topological polar surface area (TPSA) is 108 Å². The lowest BCUT2D eigenvalue weighted by atomic mass is 10.1. The van der Waals surface area contributed by atoms with Crippen molar-refractivity contribution in [3.05, 3.63) is 219 Å². The molecule has 9 nitrogen and oxygen atoms in total. The number of esters is 2. The maximum atomic E-state index is 13.0. The van der Waals surface area contributed by atoms with Gasteiger partial charge in [-0.2, -0.15) is 0 Å². The summed E-state index contributed by atoms with van der Waals surface area (Å²) in [5.74, 6) is -2.05. The summed E-state index contributed by atoms with van der Waals surface area (Å²) in [4.78, 5) is 37.7. The molecule has 0 spiro atoms. The van der Waals surface area contributed by atoms with Crippen LogP contribution in [0, 0.1) is 0 Å². The van der Waals surface area contributed by atoms with E-state index >= 15 is 0 Å². The third-order valence-electron chi connectivity index (χ3n) is 15.2. The van der Waals surface area contributed by atoms with Crippen molar-refractivity contribution in [3.63, 3.8) is 0 Å². The summed E-state index contributed by atoms with van der Waals surface area (Å²) in [7, 11) is 5.96. The number of likely N-dealkylation sites (N-methyl/N-ethyl adjacent to an activating group) is 1. The lowest BCUT2D eigenvalue weighted by molar-refractivity contribution is -0.870. The lowest BCUT2D eigenvalue weighted by Gasteiger charge is -2.25. The monoisotopic (exact) mass is 1340 g/mol. The Bertz CT molecular complexity index is 2400. The summed E-state index contributed by atoms with van der Waals surface area (Å²) in [6.45, 7) is 4.60. The first kappa shape index (κ1) is 90.6. The Balaban J connectivity index is 4.21.